The molecule has 1 aliphatic carbocycles. The van der Waals surface area contributed by atoms with Crippen molar-refractivity contribution in [2.24, 2.45) is 0 Å². The van der Waals surface area contributed by atoms with Gasteiger partial charge in [0.2, 0.25) is 0 Å². The molecule has 1 aliphatic rings. The van der Waals surface area contributed by atoms with E-state index < -0.39 is 0 Å². The number of halogens is 1. The van der Waals surface area contributed by atoms with Crippen LogP contribution >= 0.6 is 0 Å². The van der Waals surface area contributed by atoms with Gasteiger partial charge in [0.25, 0.3) is 5.91 Å². The second-order valence-corrected chi connectivity index (χ2v) is 5.36. The van der Waals surface area contributed by atoms with Gasteiger partial charge in [-0.1, -0.05) is 6.07 Å². The first-order valence-corrected chi connectivity index (χ1v) is 6.89. The van der Waals surface area contributed by atoms with E-state index in [9.17, 15) is 14.3 Å². The van der Waals surface area contributed by atoms with Crippen LogP contribution in [0.2, 0.25) is 0 Å². The zero-order valence-electron chi connectivity index (χ0n) is 11.0. The number of carbonyl (C=O) groups excluding carboxylic acids is 1. The van der Waals surface area contributed by atoms with Crippen LogP contribution < -0.4 is 5.32 Å². The lowest BCUT2D eigenvalue weighted by Gasteiger charge is -2.25. The molecule has 0 saturated heterocycles. The number of carbonyl (C=O) groups is 1. The highest BCUT2D eigenvalue weighted by Crippen LogP contribution is 2.21. The van der Waals surface area contributed by atoms with Crippen LogP contribution in [0.5, 0.6) is 0 Å². The van der Waals surface area contributed by atoms with Crippen molar-refractivity contribution < 1.29 is 14.3 Å². The normalized spacial score (nSPS) is 22.9. The van der Waals surface area contributed by atoms with Gasteiger partial charge in [-0.15, -0.1) is 0 Å². The monoisotopic (exact) mass is 276 g/mol. The SMILES string of the molecule is O=C(NC1CCC(O)CC1)c1cc2c(F)cccc2[nH]1. The van der Waals surface area contributed by atoms with Crippen molar-refractivity contribution in [1.29, 1.82) is 0 Å². The molecule has 0 radical (unpaired) electrons. The molecular formula is C15H17FN2O2. The quantitative estimate of drug-likeness (QED) is 0.788. The van der Waals surface area contributed by atoms with E-state index in [1.54, 1.807) is 12.1 Å². The molecule has 3 N–H and O–H groups in total. The van der Waals surface area contributed by atoms with Crippen molar-refractivity contribution in [3.05, 3.63) is 35.8 Å². The van der Waals surface area contributed by atoms with Crippen LogP contribution in [0.4, 0.5) is 4.39 Å². The summed E-state index contributed by atoms with van der Waals surface area (Å²) in [7, 11) is 0. The maximum Gasteiger partial charge on any atom is 0.267 e. The Balaban J connectivity index is 1.74. The average Bonchev–Trinajstić information content (AvgIpc) is 2.87. The molecule has 0 atom stereocenters. The number of hydrogen-bond donors (Lipinski definition) is 3. The number of hydrogen-bond acceptors (Lipinski definition) is 2. The first-order chi connectivity index (χ1) is 9.63. The van der Waals surface area contributed by atoms with Gasteiger partial charge in [-0.3, -0.25) is 4.79 Å². The summed E-state index contributed by atoms with van der Waals surface area (Å²) >= 11 is 0. The first kappa shape index (κ1) is 13.1. The Labute approximate surface area is 116 Å². The van der Waals surface area contributed by atoms with E-state index in [2.05, 4.69) is 10.3 Å². The van der Waals surface area contributed by atoms with Crippen molar-refractivity contribution >= 4 is 16.8 Å². The van der Waals surface area contributed by atoms with E-state index in [0.29, 0.717) is 29.4 Å². The maximum absolute atomic E-state index is 13.6. The standard InChI is InChI=1S/C15H17FN2O2/c16-12-2-1-3-13-11(12)8-14(18-13)15(20)17-9-4-6-10(19)7-5-9/h1-3,8-10,18-19H,4-7H2,(H,17,20). The molecule has 4 nitrogen and oxygen atoms in total. The molecular weight excluding hydrogens is 259 g/mol. The lowest BCUT2D eigenvalue weighted by molar-refractivity contribution is 0.0864. The van der Waals surface area contributed by atoms with Gasteiger partial charge in [0.05, 0.1) is 6.10 Å². The van der Waals surface area contributed by atoms with Gasteiger partial charge in [0.1, 0.15) is 11.5 Å². The zero-order chi connectivity index (χ0) is 14.1. The Morgan fingerprint density at radius 1 is 1.30 bits per heavy atom. The van der Waals surface area contributed by atoms with Crippen LogP contribution in [-0.4, -0.2) is 28.1 Å². The topological polar surface area (TPSA) is 65.1 Å². The van der Waals surface area contributed by atoms with E-state index in [0.717, 1.165) is 12.8 Å². The summed E-state index contributed by atoms with van der Waals surface area (Å²) in [6, 6.07) is 6.35. The molecule has 2 aromatic rings. The van der Waals surface area contributed by atoms with Gasteiger partial charge in [-0.25, -0.2) is 4.39 Å². The van der Waals surface area contributed by atoms with Crippen molar-refractivity contribution in [3.63, 3.8) is 0 Å². The van der Waals surface area contributed by atoms with Crippen LogP contribution in [-0.2, 0) is 0 Å². The predicted molar refractivity (Wildman–Crippen MR) is 74.0 cm³/mol. The number of aliphatic hydroxyl groups is 1. The third-order valence-corrected chi connectivity index (χ3v) is 3.89. The Kier molecular flexibility index (Phi) is 3.44. The van der Waals surface area contributed by atoms with Crippen LogP contribution in [0, 0.1) is 5.82 Å². The molecule has 1 saturated carbocycles. The minimum Gasteiger partial charge on any atom is -0.393 e. The molecule has 1 amide bonds. The van der Waals surface area contributed by atoms with Crippen LogP contribution in [0.3, 0.4) is 0 Å². The summed E-state index contributed by atoms with van der Waals surface area (Å²) in [4.78, 5) is 15.1. The fourth-order valence-electron chi connectivity index (χ4n) is 2.72. The molecule has 106 valence electrons. The Morgan fingerprint density at radius 2 is 2.05 bits per heavy atom. The molecule has 1 aromatic heterocycles. The summed E-state index contributed by atoms with van der Waals surface area (Å²) in [5.74, 6) is -0.555. The number of aromatic nitrogens is 1. The molecule has 3 rings (SSSR count). The number of rotatable bonds is 2. The predicted octanol–water partition coefficient (Wildman–Crippen LogP) is 2.34. The second kappa shape index (κ2) is 5.25. The second-order valence-electron chi connectivity index (χ2n) is 5.36. The van der Waals surface area contributed by atoms with Crippen LogP contribution in [0.25, 0.3) is 10.9 Å². The minimum absolute atomic E-state index is 0.0853. The molecule has 0 aliphatic heterocycles. The molecule has 5 heteroatoms. The number of amides is 1. The van der Waals surface area contributed by atoms with Gasteiger partial charge in [-0.05, 0) is 43.9 Å². The number of aliphatic hydroxyl groups excluding tert-OH is 1. The summed E-state index contributed by atoms with van der Waals surface area (Å²) < 4.78 is 13.6. The van der Waals surface area contributed by atoms with E-state index in [1.807, 2.05) is 0 Å². The largest absolute Gasteiger partial charge is 0.393 e. The number of benzene rings is 1. The molecule has 0 bridgehead atoms. The van der Waals surface area contributed by atoms with E-state index in [1.165, 1.54) is 12.1 Å². The molecule has 0 spiro atoms. The highest BCUT2D eigenvalue weighted by molar-refractivity contribution is 5.98. The Morgan fingerprint density at radius 3 is 2.75 bits per heavy atom. The maximum atomic E-state index is 13.6. The number of H-pyrrole nitrogens is 1. The van der Waals surface area contributed by atoms with Crippen molar-refractivity contribution in [2.75, 3.05) is 0 Å². The molecule has 0 unspecified atom stereocenters. The van der Waals surface area contributed by atoms with Gasteiger partial charge < -0.3 is 15.4 Å². The highest BCUT2D eigenvalue weighted by atomic mass is 19.1. The van der Waals surface area contributed by atoms with Crippen molar-refractivity contribution in [1.82, 2.24) is 10.3 Å². The third-order valence-electron chi connectivity index (χ3n) is 3.89. The Hall–Kier alpha value is -1.88. The highest BCUT2D eigenvalue weighted by Gasteiger charge is 2.22. The summed E-state index contributed by atoms with van der Waals surface area (Å²) in [6.07, 6.45) is 2.74. The van der Waals surface area contributed by atoms with E-state index in [-0.39, 0.29) is 23.9 Å². The smallest absolute Gasteiger partial charge is 0.267 e. The van der Waals surface area contributed by atoms with Crippen molar-refractivity contribution in [3.8, 4) is 0 Å². The van der Waals surface area contributed by atoms with Crippen LogP contribution in [0.15, 0.2) is 24.3 Å². The van der Waals surface area contributed by atoms with Crippen LogP contribution in [0.1, 0.15) is 36.2 Å². The van der Waals surface area contributed by atoms with E-state index >= 15 is 0 Å². The fraction of sp³-hybridized carbons (Fsp3) is 0.400. The average molecular weight is 276 g/mol. The summed E-state index contributed by atoms with van der Waals surface area (Å²) in [5, 5.41) is 12.8. The number of fused-ring (bicyclic) bond motifs is 1. The molecule has 1 aromatic carbocycles. The molecule has 1 heterocycles. The molecule has 1 fully saturated rings. The number of aromatic amines is 1. The lowest BCUT2D eigenvalue weighted by Crippen LogP contribution is -2.38. The first-order valence-electron chi connectivity index (χ1n) is 6.89. The summed E-state index contributed by atoms with van der Waals surface area (Å²) in [5.41, 5.74) is 0.991. The Bertz CT molecular complexity index is 630. The van der Waals surface area contributed by atoms with E-state index in [4.69, 9.17) is 0 Å². The fourth-order valence-corrected chi connectivity index (χ4v) is 2.72. The number of nitrogens with one attached hydrogen (secondary N) is 2. The zero-order valence-corrected chi connectivity index (χ0v) is 11.0. The van der Waals surface area contributed by atoms with Crippen molar-refractivity contribution in [2.45, 2.75) is 37.8 Å². The lowest BCUT2D eigenvalue weighted by atomic mass is 9.93. The summed E-state index contributed by atoms with van der Waals surface area (Å²) in [6.45, 7) is 0. The minimum atomic E-state index is -0.335. The molecule has 20 heavy (non-hydrogen) atoms. The van der Waals surface area contributed by atoms with Gasteiger partial charge in [-0.2, -0.15) is 0 Å². The van der Waals surface area contributed by atoms with Gasteiger partial charge in [0, 0.05) is 16.9 Å². The van der Waals surface area contributed by atoms with Gasteiger partial charge in [0.15, 0.2) is 0 Å². The van der Waals surface area contributed by atoms with Gasteiger partial charge >= 0.3 is 0 Å². The third kappa shape index (κ3) is 2.54.